The lowest BCUT2D eigenvalue weighted by Gasteiger charge is -2.27. The number of rotatable bonds is 7. The number of nitrogens with zero attached hydrogens (tertiary/aromatic N) is 3. The van der Waals surface area contributed by atoms with Crippen molar-refractivity contribution >= 4 is 5.91 Å². The molecule has 0 fully saturated rings. The zero-order chi connectivity index (χ0) is 20.1. The lowest BCUT2D eigenvalue weighted by Crippen LogP contribution is -2.33. The molecule has 0 spiro atoms. The highest BCUT2D eigenvalue weighted by Gasteiger charge is 2.26. The molecule has 1 aliphatic rings. The monoisotopic (exact) mass is 388 g/mol. The molecule has 2 heterocycles. The van der Waals surface area contributed by atoms with Gasteiger partial charge in [0.05, 0.1) is 0 Å². The van der Waals surface area contributed by atoms with Crippen LogP contribution in [0.25, 0.3) is 0 Å². The highest BCUT2D eigenvalue weighted by atomic mass is 16.1. The second-order valence-corrected chi connectivity index (χ2v) is 7.68. The lowest BCUT2D eigenvalue weighted by molar-refractivity contribution is 0.0943. The van der Waals surface area contributed by atoms with Gasteiger partial charge >= 0.3 is 0 Å². The van der Waals surface area contributed by atoms with Crippen LogP contribution in [0.5, 0.6) is 0 Å². The molecule has 1 N–H and O–H groups in total. The maximum atomic E-state index is 12.8. The molecule has 0 saturated heterocycles. The third kappa shape index (κ3) is 4.74. The van der Waals surface area contributed by atoms with E-state index >= 15 is 0 Å². The van der Waals surface area contributed by atoms with Crippen LogP contribution in [0.3, 0.4) is 0 Å². The lowest BCUT2D eigenvalue weighted by atomic mass is 10.0. The van der Waals surface area contributed by atoms with E-state index in [0.29, 0.717) is 12.2 Å². The van der Waals surface area contributed by atoms with Gasteiger partial charge in [-0.3, -0.25) is 14.4 Å². The Morgan fingerprint density at radius 2 is 1.72 bits per heavy atom. The van der Waals surface area contributed by atoms with Gasteiger partial charge in [-0.05, 0) is 30.5 Å². The highest BCUT2D eigenvalue weighted by Crippen LogP contribution is 2.22. The van der Waals surface area contributed by atoms with E-state index in [1.807, 2.05) is 42.1 Å². The summed E-state index contributed by atoms with van der Waals surface area (Å²) in [5.41, 5.74) is 5.32. The molecule has 150 valence electrons. The normalized spacial score (nSPS) is 13.8. The van der Waals surface area contributed by atoms with E-state index in [0.717, 1.165) is 50.0 Å². The fourth-order valence-corrected chi connectivity index (χ4v) is 4.03. The average Bonchev–Trinajstić information content (AvgIpc) is 3.09. The second-order valence-electron chi connectivity index (χ2n) is 7.68. The summed E-state index contributed by atoms with van der Waals surface area (Å²) in [4.78, 5) is 15.2. The Balaban J connectivity index is 1.37. The van der Waals surface area contributed by atoms with Crippen LogP contribution in [0.15, 0.2) is 60.7 Å². The molecule has 0 saturated carbocycles. The Hall–Kier alpha value is -2.92. The number of amides is 1. The number of fused-ring (bicyclic) bond motifs is 1. The molecule has 0 radical (unpaired) electrons. The molecule has 1 aliphatic heterocycles. The summed E-state index contributed by atoms with van der Waals surface area (Å²) in [6.07, 6.45) is 3.15. The SMILES string of the molecule is Cn1nc(C(=O)NCc2ccccc2)c2c1CCN(CCCc1ccccc1)C2. The van der Waals surface area contributed by atoms with Crippen molar-refractivity contribution < 1.29 is 4.79 Å². The summed E-state index contributed by atoms with van der Waals surface area (Å²) in [5.74, 6) is -0.0863. The number of aromatic nitrogens is 2. The van der Waals surface area contributed by atoms with E-state index < -0.39 is 0 Å². The van der Waals surface area contributed by atoms with Gasteiger partial charge in [0.1, 0.15) is 0 Å². The van der Waals surface area contributed by atoms with E-state index in [-0.39, 0.29) is 5.91 Å². The molecule has 1 aromatic heterocycles. The van der Waals surface area contributed by atoms with E-state index in [1.165, 1.54) is 11.3 Å². The fourth-order valence-electron chi connectivity index (χ4n) is 4.03. The topological polar surface area (TPSA) is 50.2 Å². The van der Waals surface area contributed by atoms with Crippen LogP contribution in [0.4, 0.5) is 0 Å². The molecule has 4 rings (SSSR count). The van der Waals surface area contributed by atoms with Crippen molar-refractivity contribution in [1.82, 2.24) is 20.0 Å². The molecular formula is C24H28N4O. The minimum Gasteiger partial charge on any atom is -0.347 e. The number of aryl methyl sites for hydroxylation is 2. The standard InChI is InChI=1S/C24H28N4O/c1-27-22-14-16-28(15-8-13-19-9-4-2-5-10-19)18-21(22)23(26-27)24(29)25-17-20-11-6-3-7-12-20/h2-7,9-12H,8,13-18H2,1H3,(H,25,29). The van der Waals surface area contributed by atoms with Gasteiger partial charge in [0.15, 0.2) is 5.69 Å². The molecule has 29 heavy (non-hydrogen) atoms. The minimum absolute atomic E-state index is 0.0863. The second kappa shape index (κ2) is 9.05. The molecule has 5 heteroatoms. The zero-order valence-corrected chi connectivity index (χ0v) is 17.0. The fraction of sp³-hybridized carbons (Fsp3) is 0.333. The van der Waals surface area contributed by atoms with Crippen molar-refractivity contribution in [2.75, 3.05) is 13.1 Å². The van der Waals surface area contributed by atoms with Crippen LogP contribution in [-0.2, 0) is 33.0 Å². The number of carbonyl (C=O) groups is 1. The minimum atomic E-state index is -0.0863. The predicted molar refractivity (Wildman–Crippen MR) is 115 cm³/mol. The molecule has 2 aromatic carbocycles. The Morgan fingerprint density at radius 3 is 2.45 bits per heavy atom. The molecule has 3 aromatic rings. The number of hydrogen-bond donors (Lipinski definition) is 1. The van der Waals surface area contributed by atoms with Gasteiger partial charge in [0.25, 0.3) is 5.91 Å². The van der Waals surface area contributed by atoms with Crippen molar-refractivity contribution in [3.63, 3.8) is 0 Å². The Labute approximate surface area is 172 Å². The van der Waals surface area contributed by atoms with E-state index in [9.17, 15) is 4.79 Å². The van der Waals surface area contributed by atoms with Crippen LogP contribution in [-0.4, -0.2) is 33.7 Å². The number of hydrogen-bond acceptors (Lipinski definition) is 3. The van der Waals surface area contributed by atoms with Gasteiger partial charge in [-0.15, -0.1) is 0 Å². The van der Waals surface area contributed by atoms with Crippen LogP contribution in [0, 0.1) is 0 Å². The maximum Gasteiger partial charge on any atom is 0.272 e. The van der Waals surface area contributed by atoms with Crippen LogP contribution < -0.4 is 5.32 Å². The van der Waals surface area contributed by atoms with Crippen LogP contribution in [0.1, 0.15) is 39.3 Å². The van der Waals surface area contributed by atoms with Crippen molar-refractivity contribution in [3.8, 4) is 0 Å². The van der Waals surface area contributed by atoms with Gasteiger partial charge in [-0.25, -0.2) is 0 Å². The molecule has 0 unspecified atom stereocenters. The largest absolute Gasteiger partial charge is 0.347 e. The smallest absolute Gasteiger partial charge is 0.272 e. The Bertz CT molecular complexity index is 950. The molecule has 0 bridgehead atoms. The maximum absolute atomic E-state index is 12.8. The third-order valence-corrected chi connectivity index (χ3v) is 5.61. The van der Waals surface area contributed by atoms with Gasteiger partial charge in [0.2, 0.25) is 0 Å². The summed E-state index contributed by atoms with van der Waals surface area (Å²) in [5, 5.41) is 7.57. The van der Waals surface area contributed by atoms with E-state index in [4.69, 9.17) is 0 Å². The average molecular weight is 389 g/mol. The molecule has 0 aliphatic carbocycles. The predicted octanol–water partition coefficient (Wildman–Crippen LogP) is 3.34. The molecule has 0 atom stereocenters. The first-order valence-electron chi connectivity index (χ1n) is 10.3. The summed E-state index contributed by atoms with van der Waals surface area (Å²) in [6, 6.07) is 20.6. The first kappa shape index (κ1) is 19.4. The van der Waals surface area contributed by atoms with Crippen LogP contribution in [0.2, 0.25) is 0 Å². The summed E-state index contributed by atoms with van der Waals surface area (Å²) < 4.78 is 1.88. The summed E-state index contributed by atoms with van der Waals surface area (Å²) in [6.45, 7) is 3.37. The number of carbonyl (C=O) groups excluding carboxylic acids is 1. The molecule has 5 nitrogen and oxygen atoms in total. The third-order valence-electron chi connectivity index (χ3n) is 5.61. The first-order chi connectivity index (χ1) is 14.2. The Kier molecular flexibility index (Phi) is 6.06. The first-order valence-corrected chi connectivity index (χ1v) is 10.3. The summed E-state index contributed by atoms with van der Waals surface area (Å²) in [7, 11) is 1.94. The van der Waals surface area contributed by atoms with Crippen molar-refractivity contribution in [1.29, 1.82) is 0 Å². The van der Waals surface area contributed by atoms with Gasteiger partial charge < -0.3 is 5.32 Å². The number of benzene rings is 2. The quantitative estimate of drug-likeness (QED) is 0.675. The van der Waals surface area contributed by atoms with E-state index in [2.05, 4.69) is 45.6 Å². The molecule has 1 amide bonds. The van der Waals surface area contributed by atoms with E-state index in [1.54, 1.807) is 0 Å². The van der Waals surface area contributed by atoms with Gasteiger partial charge in [-0.2, -0.15) is 5.10 Å². The van der Waals surface area contributed by atoms with Gasteiger partial charge in [0, 0.05) is 44.4 Å². The van der Waals surface area contributed by atoms with Crippen molar-refractivity contribution in [3.05, 3.63) is 88.7 Å². The van der Waals surface area contributed by atoms with Crippen molar-refractivity contribution in [2.45, 2.75) is 32.4 Å². The summed E-state index contributed by atoms with van der Waals surface area (Å²) >= 11 is 0. The highest BCUT2D eigenvalue weighted by molar-refractivity contribution is 5.94. The Morgan fingerprint density at radius 1 is 1.03 bits per heavy atom. The zero-order valence-electron chi connectivity index (χ0n) is 17.0. The molecular weight excluding hydrogens is 360 g/mol. The van der Waals surface area contributed by atoms with Crippen LogP contribution >= 0.6 is 0 Å². The van der Waals surface area contributed by atoms with Gasteiger partial charge in [-0.1, -0.05) is 60.7 Å². The number of nitrogens with one attached hydrogen (secondary N) is 1. The van der Waals surface area contributed by atoms with Crippen molar-refractivity contribution in [2.24, 2.45) is 7.05 Å².